The van der Waals surface area contributed by atoms with E-state index < -0.39 is 0 Å². The molecule has 12 heavy (non-hydrogen) atoms. The first-order valence-corrected chi connectivity index (χ1v) is 4.30. The zero-order chi connectivity index (χ0) is 8.55. The summed E-state index contributed by atoms with van der Waals surface area (Å²) in [6.45, 7) is 5.81. The maximum Gasteiger partial charge on any atom is 0.161 e. The first-order valence-electron chi connectivity index (χ1n) is 4.30. The van der Waals surface area contributed by atoms with Gasteiger partial charge in [0.15, 0.2) is 5.82 Å². The van der Waals surface area contributed by atoms with Crippen molar-refractivity contribution in [3.05, 3.63) is 11.6 Å². The quantitative estimate of drug-likeness (QED) is 0.580. The standard InChI is InChI=1S/C8H13N3O/c1-6-8-10-9-7(2)11(8)4-3-5-12-6/h6H,3-5H2,1-2H3. The molecule has 0 aliphatic carbocycles. The lowest BCUT2D eigenvalue weighted by molar-refractivity contribution is 0.0663. The Morgan fingerprint density at radius 2 is 2.33 bits per heavy atom. The third kappa shape index (κ3) is 1.12. The van der Waals surface area contributed by atoms with Gasteiger partial charge in [-0.2, -0.15) is 0 Å². The van der Waals surface area contributed by atoms with E-state index in [-0.39, 0.29) is 6.10 Å². The van der Waals surface area contributed by atoms with Gasteiger partial charge in [-0.1, -0.05) is 0 Å². The lowest BCUT2D eigenvalue weighted by atomic mass is 10.4. The van der Waals surface area contributed by atoms with Crippen LogP contribution < -0.4 is 0 Å². The highest BCUT2D eigenvalue weighted by atomic mass is 16.5. The molecule has 0 radical (unpaired) electrons. The number of ether oxygens (including phenoxy) is 1. The Hall–Kier alpha value is -0.900. The average molecular weight is 167 g/mol. The minimum Gasteiger partial charge on any atom is -0.370 e. The molecule has 0 amide bonds. The fraction of sp³-hybridized carbons (Fsp3) is 0.750. The van der Waals surface area contributed by atoms with Gasteiger partial charge in [-0.25, -0.2) is 0 Å². The average Bonchev–Trinajstić information content (AvgIpc) is 2.30. The van der Waals surface area contributed by atoms with Gasteiger partial charge in [0.2, 0.25) is 0 Å². The summed E-state index contributed by atoms with van der Waals surface area (Å²) >= 11 is 0. The highest BCUT2D eigenvalue weighted by Crippen LogP contribution is 2.19. The fourth-order valence-electron chi connectivity index (χ4n) is 1.53. The van der Waals surface area contributed by atoms with Crippen molar-refractivity contribution in [2.24, 2.45) is 0 Å². The van der Waals surface area contributed by atoms with Crippen LogP contribution in [0.3, 0.4) is 0 Å². The number of hydrogen-bond donors (Lipinski definition) is 0. The predicted octanol–water partition coefficient (Wildman–Crippen LogP) is 1.07. The second-order valence-electron chi connectivity index (χ2n) is 3.12. The number of aryl methyl sites for hydroxylation is 1. The smallest absolute Gasteiger partial charge is 0.161 e. The lowest BCUT2D eigenvalue weighted by Crippen LogP contribution is -2.05. The van der Waals surface area contributed by atoms with Crippen LogP contribution >= 0.6 is 0 Å². The Kier molecular flexibility index (Phi) is 1.84. The molecule has 0 saturated carbocycles. The van der Waals surface area contributed by atoms with Crippen molar-refractivity contribution in [1.82, 2.24) is 14.8 Å². The summed E-state index contributed by atoms with van der Waals surface area (Å²) in [6, 6.07) is 0. The Bertz CT molecular complexity index is 282. The maximum atomic E-state index is 5.52. The SMILES string of the molecule is Cc1nnc2n1CCCOC2C. The zero-order valence-electron chi connectivity index (χ0n) is 7.45. The van der Waals surface area contributed by atoms with Crippen LogP contribution in [0.2, 0.25) is 0 Å². The van der Waals surface area contributed by atoms with Crippen LogP contribution in [0, 0.1) is 6.92 Å². The van der Waals surface area contributed by atoms with Crippen LogP contribution in [-0.2, 0) is 11.3 Å². The minimum atomic E-state index is 0.0914. The van der Waals surface area contributed by atoms with Crippen molar-refractivity contribution >= 4 is 0 Å². The number of aromatic nitrogens is 3. The van der Waals surface area contributed by atoms with Crippen LogP contribution in [0.1, 0.15) is 31.1 Å². The molecule has 0 spiro atoms. The van der Waals surface area contributed by atoms with Crippen molar-refractivity contribution in [1.29, 1.82) is 0 Å². The van der Waals surface area contributed by atoms with Crippen molar-refractivity contribution in [2.45, 2.75) is 32.9 Å². The summed E-state index contributed by atoms with van der Waals surface area (Å²) in [5.74, 6) is 1.95. The summed E-state index contributed by atoms with van der Waals surface area (Å²) in [4.78, 5) is 0. The van der Waals surface area contributed by atoms with Gasteiger partial charge in [-0.3, -0.25) is 0 Å². The lowest BCUT2D eigenvalue weighted by Gasteiger charge is -2.07. The molecule has 4 nitrogen and oxygen atoms in total. The molecule has 2 rings (SSSR count). The van der Waals surface area contributed by atoms with E-state index in [2.05, 4.69) is 14.8 Å². The predicted molar refractivity (Wildman–Crippen MR) is 43.7 cm³/mol. The third-order valence-electron chi connectivity index (χ3n) is 2.22. The third-order valence-corrected chi connectivity index (χ3v) is 2.22. The molecule has 1 unspecified atom stereocenters. The number of nitrogens with zero attached hydrogens (tertiary/aromatic N) is 3. The van der Waals surface area contributed by atoms with Gasteiger partial charge in [0.05, 0.1) is 0 Å². The van der Waals surface area contributed by atoms with E-state index in [1.165, 1.54) is 0 Å². The molecule has 1 aromatic rings. The fourth-order valence-corrected chi connectivity index (χ4v) is 1.53. The van der Waals surface area contributed by atoms with Crippen molar-refractivity contribution in [2.75, 3.05) is 6.61 Å². The first-order chi connectivity index (χ1) is 5.79. The van der Waals surface area contributed by atoms with Crippen molar-refractivity contribution < 1.29 is 4.74 Å². The van der Waals surface area contributed by atoms with Gasteiger partial charge >= 0.3 is 0 Å². The first kappa shape index (κ1) is 7.73. The summed E-state index contributed by atoms with van der Waals surface area (Å²) in [7, 11) is 0. The molecule has 0 fully saturated rings. The van der Waals surface area contributed by atoms with Crippen LogP contribution in [0.15, 0.2) is 0 Å². The molecule has 0 aromatic carbocycles. The van der Waals surface area contributed by atoms with Crippen LogP contribution in [0.5, 0.6) is 0 Å². The largest absolute Gasteiger partial charge is 0.370 e. The molecule has 1 aliphatic rings. The molecule has 0 N–H and O–H groups in total. The Morgan fingerprint density at radius 3 is 3.17 bits per heavy atom. The second-order valence-corrected chi connectivity index (χ2v) is 3.12. The topological polar surface area (TPSA) is 39.9 Å². The molecule has 2 heterocycles. The van der Waals surface area contributed by atoms with Crippen LogP contribution in [0.4, 0.5) is 0 Å². The molecule has 66 valence electrons. The zero-order valence-corrected chi connectivity index (χ0v) is 7.45. The van der Waals surface area contributed by atoms with Gasteiger partial charge in [0.1, 0.15) is 11.9 Å². The summed E-state index contributed by atoms with van der Waals surface area (Å²) in [5, 5.41) is 8.11. The monoisotopic (exact) mass is 167 g/mol. The summed E-state index contributed by atoms with van der Waals surface area (Å²) in [6.07, 6.45) is 1.14. The van der Waals surface area contributed by atoms with E-state index in [9.17, 15) is 0 Å². The van der Waals surface area contributed by atoms with E-state index in [1.54, 1.807) is 0 Å². The molecular weight excluding hydrogens is 154 g/mol. The molecule has 0 saturated heterocycles. The Morgan fingerprint density at radius 1 is 1.50 bits per heavy atom. The Balaban J connectivity index is 2.41. The van der Waals surface area contributed by atoms with E-state index in [0.717, 1.165) is 31.2 Å². The molecule has 1 aromatic heterocycles. The molecule has 1 atom stereocenters. The van der Waals surface area contributed by atoms with Gasteiger partial charge in [-0.15, -0.1) is 10.2 Å². The molecule has 1 aliphatic heterocycles. The highest BCUT2D eigenvalue weighted by Gasteiger charge is 2.18. The minimum absolute atomic E-state index is 0.0914. The van der Waals surface area contributed by atoms with Crippen molar-refractivity contribution in [3.8, 4) is 0 Å². The second kappa shape index (κ2) is 2.86. The normalized spacial score (nSPS) is 23.3. The molecule has 4 heteroatoms. The van der Waals surface area contributed by atoms with E-state index in [4.69, 9.17) is 4.74 Å². The van der Waals surface area contributed by atoms with Gasteiger partial charge < -0.3 is 9.30 Å². The van der Waals surface area contributed by atoms with Crippen LogP contribution in [0.25, 0.3) is 0 Å². The molecule has 0 bridgehead atoms. The van der Waals surface area contributed by atoms with E-state index in [1.807, 2.05) is 13.8 Å². The number of rotatable bonds is 0. The summed E-state index contributed by atoms with van der Waals surface area (Å²) in [5.41, 5.74) is 0. The van der Waals surface area contributed by atoms with Crippen LogP contribution in [-0.4, -0.2) is 21.4 Å². The van der Waals surface area contributed by atoms with E-state index in [0.29, 0.717) is 0 Å². The van der Waals surface area contributed by atoms with E-state index >= 15 is 0 Å². The van der Waals surface area contributed by atoms with Gasteiger partial charge in [0, 0.05) is 13.2 Å². The molecular formula is C8H13N3O. The number of fused-ring (bicyclic) bond motifs is 1. The van der Waals surface area contributed by atoms with Crippen molar-refractivity contribution in [3.63, 3.8) is 0 Å². The van der Waals surface area contributed by atoms with Gasteiger partial charge in [0.25, 0.3) is 0 Å². The number of hydrogen-bond acceptors (Lipinski definition) is 3. The highest BCUT2D eigenvalue weighted by molar-refractivity contribution is 4.97. The Labute approximate surface area is 71.6 Å². The maximum absolute atomic E-state index is 5.52. The summed E-state index contributed by atoms with van der Waals surface area (Å²) < 4.78 is 7.66. The van der Waals surface area contributed by atoms with Gasteiger partial charge in [-0.05, 0) is 20.3 Å².